The van der Waals surface area contributed by atoms with Gasteiger partial charge in [-0.25, -0.2) is 4.98 Å². The topological polar surface area (TPSA) is 37.0 Å². The van der Waals surface area contributed by atoms with E-state index in [0.29, 0.717) is 5.82 Å². The highest BCUT2D eigenvalue weighted by Gasteiger charge is 2.33. The lowest BCUT2D eigenvalue weighted by molar-refractivity contribution is -0.137. The van der Waals surface area contributed by atoms with Gasteiger partial charge < -0.3 is 10.6 Å². The van der Waals surface area contributed by atoms with E-state index in [-0.39, 0.29) is 5.69 Å². The van der Waals surface area contributed by atoms with Crippen molar-refractivity contribution in [3.05, 3.63) is 17.8 Å². The number of hydrogen-bond donors (Lipinski definition) is 2. The molecular weight excluding hydrogens is 195 g/mol. The molecule has 0 bridgehead atoms. The van der Waals surface area contributed by atoms with Crippen molar-refractivity contribution in [3.8, 4) is 0 Å². The van der Waals surface area contributed by atoms with Crippen LogP contribution in [0.15, 0.2) is 12.3 Å². The zero-order chi connectivity index (χ0) is 10.8. The number of aromatic nitrogens is 1. The molecule has 0 spiro atoms. The van der Waals surface area contributed by atoms with Crippen LogP contribution in [-0.4, -0.2) is 19.1 Å². The van der Waals surface area contributed by atoms with Gasteiger partial charge in [-0.15, -0.1) is 0 Å². The Morgan fingerprint density at radius 2 is 1.86 bits per heavy atom. The van der Waals surface area contributed by atoms with Crippen LogP contribution >= 0.6 is 0 Å². The molecule has 0 radical (unpaired) electrons. The van der Waals surface area contributed by atoms with E-state index >= 15 is 0 Å². The Hall–Kier alpha value is -1.46. The second kappa shape index (κ2) is 3.73. The Morgan fingerprint density at radius 1 is 1.21 bits per heavy atom. The van der Waals surface area contributed by atoms with E-state index in [4.69, 9.17) is 0 Å². The molecule has 1 aromatic heterocycles. The monoisotopic (exact) mass is 205 g/mol. The standard InChI is InChI=1S/C8H10F3N3/c1-12-6-3-7(13-2)14-4-5(6)8(9,10)11/h3-4H,1-2H3,(H2,12,13,14). The summed E-state index contributed by atoms with van der Waals surface area (Å²) in [7, 11) is 3.03. The second-order valence-electron chi connectivity index (χ2n) is 2.61. The number of hydrogen-bond acceptors (Lipinski definition) is 3. The maximum atomic E-state index is 12.4. The van der Waals surface area contributed by atoms with Gasteiger partial charge in [-0.05, 0) is 0 Å². The molecule has 0 aromatic carbocycles. The summed E-state index contributed by atoms with van der Waals surface area (Å²) in [6, 6.07) is 1.31. The van der Waals surface area contributed by atoms with Gasteiger partial charge in [0.05, 0.1) is 11.3 Å². The highest BCUT2D eigenvalue weighted by Crippen LogP contribution is 2.34. The minimum absolute atomic E-state index is 0.0110. The van der Waals surface area contributed by atoms with Crippen LogP contribution in [-0.2, 0) is 6.18 Å². The molecular formula is C8H10F3N3. The third-order valence-corrected chi connectivity index (χ3v) is 1.73. The fourth-order valence-corrected chi connectivity index (χ4v) is 1.02. The molecule has 1 aromatic rings. The van der Waals surface area contributed by atoms with Crippen molar-refractivity contribution in [3.63, 3.8) is 0 Å². The predicted octanol–water partition coefficient (Wildman–Crippen LogP) is 2.18. The molecule has 0 fully saturated rings. The smallest absolute Gasteiger partial charge is 0.387 e. The van der Waals surface area contributed by atoms with Gasteiger partial charge in [-0.3, -0.25) is 0 Å². The number of nitrogens with one attached hydrogen (secondary N) is 2. The summed E-state index contributed by atoms with van der Waals surface area (Å²) in [5.74, 6) is 0.391. The number of nitrogens with zero attached hydrogens (tertiary/aromatic N) is 1. The number of anilines is 2. The number of alkyl halides is 3. The molecule has 0 atom stereocenters. The van der Waals surface area contributed by atoms with Gasteiger partial charge in [0.2, 0.25) is 0 Å². The zero-order valence-electron chi connectivity index (χ0n) is 7.74. The first kappa shape index (κ1) is 10.6. The maximum absolute atomic E-state index is 12.4. The quantitative estimate of drug-likeness (QED) is 0.777. The average Bonchev–Trinajstić information content (AvgIpc) is 2.15. The lowest BCUT2D eigenvalue weighted by Crippen LogP contribution is -2.10. The van der Waals surface area contributed by atoms with Crippen LogP contribution in [0.3, 0.4) is 0 Å². The molecule has 1 rings (SSSR count). The van der Waals surface area contributed by atoms with E-state index < -0.39 is 11.7 Å². The second-order valence-corrected chi connectivity index (χ2v) is 2.61. The summed E-state index contributed by atoms with van der Waals surface area (Å²) in [5.41, 5.74) is -0.754. The fraction of sp³-hybridized carbons (Fsp3) is 0.375. The summed E-state index contributed by atoms with van der Waals surface area (Å²) in [6.07, 6.45) is -3.57. The summed E-state index contributed by atoms with van der Waals surface area (Å²) < 4.78 is 37.1. The third kappa shape index (κ3) is 2.07. The number of pyridine rings is 1. The van der Waals surface area contributed by atoms with E-state index in [9.17, 15) is 13.2 Å². The molecule has 0 amide bonds. The van der Waals surface area contributed by atoms with Gasteiger partial charge >= 0.3 is 6.18 Å². The maximum Gasteiger partial charge on any atom is 0.419 e. The zero-order valence-corrected chi connectivity index (χ0v) is 7.74. The van der Waals surface area contributed by atoms with E-state index in [1.165, 1.54) is 13.1 Å². The summed E-state index contributed by atoms with van der Waals surface area (Å²) in [6.45, 7) is 0. The Bertz CT molecular complexity index is 322. The minimum Gasteiger partial charge on any atom is -0.387 e. The minimum atomic E-state index is -4.38. The molecule has 78 valence electrons. The van der Waals surface area contributed by atoms with Gasteiger partial charge in [0.1, 0.15) is 5.82 Å². The molecule has 0 unspecified atom stereocenters. The van der Waals surface area contributed by atoms with Crippen LogP contribution in [0.4, 0.5) is 24.7 Å². The van der Waals surface area contributed by atoms with Crippen LogP contribution < -0.4 is 10.6 Å². The Labute approximate surface area is 79.3 Å². The molecule has 0 aliphatic rings. The van der Waals surface area contributed by atoms with Crippen LogP contribution in [0.25, 0.3) is 0 Å². The van der Waals surface area contributed by atoms with Gasteiger partial charge in [0.25, 0.3) is 0 Å². The van der Waals surface area contributed by atoms with E-state index in [2.05, 4.69) is 15.6 Å². The molecule has 0 aliphatic carbocycles. The molecule has 2 N–H and O–H groups in total. The third-order valence-electron chi connectivity index (χ3n) is 1.73. The van der Waals surface area contributed by atoms with Crippen molar-refractivity contribution in [2.45, 2.75) is 6.18 Å². The highest BCUT2D eigenvalue weighted by molar-refractivity contribution is 5.57. The predicted molar refractivity (Wildman–Crippen MR) is 48.3 cm³/mol. The van der Waals surface area contributed by atoms with Crippen molar-refractivity contribution < 1.29 is 13.2 Å². The molecule has 3 nitrogen and oxygen atoms in total. The van der Waals surface area contributed by atoms with Crippen LogP contribution in [0, 0.1) is 0 Å². The van der Waals surface area contributed by atoms with Crippen LogP contribution in [0.2, 0.25) is 0 Å². The average molecular weight is 205 g/mol. The fourth-order valence-electron chi connectivity index (χ4n) is 1.02. The molecule has 1 heterocycles. The highest BCUT2D eigenvalue weighted by atomic mass is 19.4. The first-order chi connectivity index (χ1) is 6.49. The van der Waals surface area contributed by atoms with E-state index in [0.717, 1.165) is 6.20 Å². The van der Waals surface area contributed by atoms with Crippen molar-refractivity contribution in [2.24, 2.45) is 0 Å². The molecule has 0 aliphatic heterocycles. The number of rotatable bonds is 2. The van der Waals surface area contributed by atoms with Crippen LogP contribution in [0.1, 0.15) is 5.56 Å². The molecule has 14 heavy (non-hydrogen) atoms. The van der Waals surface area contributed by atoms with E-state index in [1.807, 2.05) is 0 Å². The van der Waals surface area contributed by atoms with Crippen molar-refractivity contribution in [2.75, 3.05) is 24.7 Å². The molecule has 0 saturated carbocycles. The first-order valence-corrected chi connectivity index (χ1v) is 3.91. The summed E-state index contributed by atoms with van der Waals surface area (Å²) >= 11 is 0. The largest absolute Gasteiger partial charge is 0.419 e. The lowest BCUT2D eigenvalue weighted by atomic mass is 10.2. The summed E-state index contributed by atoms with van der Waals surface area (Å²) in [4.78, 5) is 3.60. The molecule has 0 saturated heterocycles. The van der Waals surface area contributed by atoms with Crippen LogP contribution in [0.5, 0.6) is 0 Å². The Morgan fingerprint density at radius 3 is 2.29 bits per heavy atom. The Kier molecular flexibility index (Phi) is 2.83. The first-order valence-electron chi connectivity index (χ1n) is 3.91. The number of halogens is 3. The van der Waals surface area contributed by atoms with Gasteiger partial charge in [-0.1, -0.05) is 0 Å². The Balaban J connectivity index is 3.18. The molecule has 6 heteroatoms. The van der Waals surface area contributed by atoms with E-state index in [1.54, 1.807) is 7.05 Å². The van der Waals surface area contributed by atoms with Crippen molar-refractivity contribution in [1.82, 2.24) is 4.98 Å². The lowest BCUT2D eigenvalue weighted by Gasteiger charge is -2.12. The van der Waals surface area contributed by atoms with Crippen molar-refractivity contribution in [1.29, 1.82) is 0 Å². The van der Waals surface area contributed by atoms with Crippen molar-refractivity contribution >= 4 is 11.5 Å². The normalized spacial score (nSPS) is 11.2. The van der Waals surface area contributed by atoms with Gasteiger partial charge in [0, 0.05) is 26.4 Å². The van der Waals surface area contributed by atoms with Gasteiger partial charge in [-0.2, -0.15) is 13.2 Å². The summed E-state index contributed by atoms with van der Waals surface area (Å²) in [5, 5.41) is 5.14. The van der Waals surface area contributed by atoms with Gasteiger partial charge in [0.15, 0.2) is 0 Å². The SMILES string of the molecule is CNc1cc(NC)c(C(F)(F)F)cn1.